The summed E-state index contributed by atoms with van der Waals surface area (Å²) >= 11 is 0. The first-order valence-electron chi connectivity index (χ1n) is 9.33. The number of fused-ring (bicyclic) bond motifs is 1. The quantitative estimate of drug-likeness (QED) is 0.573. The van der Waals surface area contributed by atoms with Crippen LogP contribution in [0.1, 0.15) is 21.6 Å². The lowest BCUT2D eigenvalue weighted by Crippen LogP contribution is -2.26. The van der Waals surface area contributed by atoms with Gasteiger partial charge in [0.1, 0.15) is 17.3 Å². The number of anilines is 1. The number of pyridine rings is 1. The van der Waals surface area contributed by atoms with Crippen molar-refractivity contribution in [2.75, 3.05) is 18.7 Å². The highest BCUT2D eigenvalue weighted by molar-refractivity contribution is 5.92. The van der Waals surface area contributed by atoms with Crippen LogP contribution in [-0.4, -0.2) is 29.3 Å². The molecule has 3 N–H and O–H groups in total. The van der Waals surface area contributed by atoms with Gasteiger partial charge in [0.05, 0.1) is 0 Å². The molecule has 0 fully saturated rings. The number of phenols is 1. The van der Waals surface area contributed by atoms with Gasteiger partial charge in [-0.15, -0.1) is 0 Å². The zero-order valence-electron chi connectivity index (χ0n) is 15.7. The van der Waals surface area contributed by atoms with Crippen LogP contribution in [0.3, 0.4) is 0 Å². The van der Waals surface area contributed by atoms with Gasteiger partial charge in [0.25, 0.3) is 5.91 Å². The zero-order valence-corrected chi connectivity index (χ0v) is 15.7. The number of carbonyl (C=O) groups is 1. The number of nitrogens with one attached hydrogen (secondary N) is 2. The topological polar surface area (TPSA) is 92.7 Å². The second-order valence-corrected chi connectivity index (χ2v) is 6.62. The molecule has 7 heteroatoms. The summed E-state index contributed by atoms with van der Waals surface area (Å²) in [5, 5.41) is 15.4. The van der Waals surface area contributed by atoms with Crippen molar-refractivity contribution in [2.24, 2.45) is 0 Å². The molecule has 0 saturated heterocycles. The fraction of sp³-hybridized carbons (Fsp3) is 0.182. The van der Waals surface area contributed by atoms with Crippen LogP contribution in [0.5, 0.6) is 17.2 Å². The van der Waals surface area contributed by atoms with Crippen molar-refractivity contribution in [3.05, 3.63) is 77.5 Å². The molecule has 2 aromatic carbocycles. The number of aromatic hydroxyl groups is 1. The molecule has 1 aliphatic rings. The van der Waals surface area contributed by atoms with Gasteiger partial charge in [-0.25, -0.2) is 4.98 Å². The average Bonchev–Trinajstić information content (AvgIpc) is 3.22. The number of amides is 1. The minimum absolute atomic E-state index is 0.226. The second kappa shape index (κ2) is 8.52. The van der Waals surface area contributed by atoms with Gasteiger partial charge in [-0.3, -0.25) is 4.79 Å². The summed E-state index contributed by atoms with van der Waals surface area (Å²) in [5.41, 5.74) is 2.42. The Balaban J connectivity index is 1.30. The van der Waals surface area contributed by atoms with E-state index in [0.29, 0.717) is 31.0 Å². The summed E-state index contributed by atoms with van der Waals surface area (Å²) in [6, 6.07) is 18.0. The Morgan fingerprint density at radius 1 is 1.00 bits per heavy atom. The van der Waals surface area contributed by atoms with Crippen molar-refractivity contribution >= 4 is 11.7 Å². The van der Waals surface area contributed by atoms with Gasteiger partial charge < -0.3 is 25.2 Å². The Morgan fingerprint density at radius 3 is 2.66 bits per heavy atom. The first-order valence-corrected chi connectivity index (χ1v) is 9.33. The largest absolute Gasteiger partial charge is 0.508 e. The highest BCUT2D eigenvalue weighted by Crippen LogP contribution is 2.32. The van der Waals surface area contributed by atoms with E-state index in [1.165, 1.54) is 0 Å². The third kappa shape index (κ3) is 4.76. The molecule has 1 aliphatic heterocycles. The number of hydrogen-bond donors (Lipinski definition) is 3. The first-order chi connectivity index (χ1) is 14.2. The maximum atomic E-state index is 12.4. The number of ether oxygens (including phenoxy) is 2. The number of carbonyl (C=O) groups excluding carboxylic acids is 1. The Labute approximate surface area is 168 Å². The van der Waals surface area contributed by atoms with Crippen molar-refractivity contribution in [3.63, 3.8) is 0 Å². The van der Waals surface area contributed by atoms with E-state index in [4.69, 9.17) is 9.47 Å². The number of hydrogen-bond acceptors (Lipinski definition) is 6. The van der Waals surface area contributed by atoms with Gasteiger partial charge >= 0.3 is 0 Å². The molecule has 0 atom stereocenters. The van der Waals surface area contributed by atoms with Gasteiger partial charge in [-0.1, -0.05) is 24.3 Å². The van der Waals surface area contributed by atoms with Gasteiger partial charge in [-0.2, -0.15) is 0 Å². The average molecular weight is 391 g/mol. The monoisotopic (exact) mass is 391 g/mol. The van der Waals surface area contributed by atoms with Crippen molar-refractivity contribution in [3.8, 4) is 17.2 Å². The Kier molecular flexibility index (Phi) is 5.47. The molecule has 0 unspecified atom stereocenters. The lowest BCUT2D eigenvalue weighted by Gasteiger charge is -2.09. The molecule has 29 heavy (non-hydrogen) atoms. The molecular formula is C22H21N3O4. The fourth-order valence-electron chi connectivity index (χ4n) is 2.98. The van der Waals surface area contributed by atoms with E-state index in [1.807, 2.05) is 36.4 Å². The predicted octanol–water partition coefficient (Wildman–Crippen LogP) is 3.10. The zero-order chi connectivity index (χ0) is 20.1. The molecule has 2 heterocycles. The van der Waals surface area contributed by atoms with Crippen LogP contribution in [0.25, 0.3) is 0 Å². The molecule has 0 bridgehead atoms. The summed E-state index contributed by atoms with van der Waals surface area (Å²) in [4.78, 5) is 16.8. The maximum absolute atomic E-state index is 12.4. The lowest BCUT2D eigenvalue weighted by molar-refractivity contribution is 0.0949. The first kappa shape index (κ1) is 18.6. The second-order valence-electron chi connectivity index (χ2n) is 6.62. The van der Waals surface area contributed by atoms with Gasteiger partial charge in [0.15, 0.2) is 11.5 Å². The van der Waals surface area contributed by atoms with Crippen LogP contribution in [0.15, 0.2) is 60.7 Å². The molecule has 1 aromatic heterocycles. The van der Waals surface area contributed by atoms with E-state index < -0.39 is 0 Å². The molecule has 148 valence electrons. The Bertz CT molecular complexity index is 1010. The van der Waals surface area contributed by atoms with Crippen LogP contribution in [0, 0.1) is 0 Å². The van der Waals surface area contributed by atoms with Crippen LogP contribution in [0.2, 0.25) is 0 Å². The summed E-state index contributed by atoms with van der Waals surface area (Å²) in [6.07, 6.45) is 0.675. The lowest BCUT2D eigenvalue weighted by atomic mass is 10.1. The molecule has 0 spiro atoms. The summed E-state index contributed by atoms with van der Waals surface area (Å²) < 4.78 is 10.7. The van der Waals surface area contributed by atoms with E-state index in [1.54, 1.807) is 24.3 Å². The Morgan fingerprint density at radius 2 is 1.79 bits per heavy atom. The summed E-state index contributed by atoms with van der Waals surface area (Å²) in [7, 11) is 0. The SMILES string of the molecule is O=C(NCCc1ccc(O)cc1)c1cccc(NCc2ccc3c(c2)OCO3)n1. The molecule has 7 nitrogen and oxygen atoms in total. The molecule has 3 aromatic rings. The number of rotatable bonds is 7. The number of aromatic nitrogens is 1. The number of phenolic OH excluding ortho intramolecular Hbond substituents is 1. The minimum atomic E-state index is -0.226. The highest BCUT2D eigenvalue weighted by atomic mass is 16.7. The molecule has 0 radical (unpaired) electrons. The third-order valence-electron chi connectivity index (χ3n) is 4.53. The normalized spacial score (nSPS) is 11.9. The van der Waals surface area contributed by atoms with Crippen molar-refractivity contribution in [1.82, 2.24) is 10.3 Å². The third-order valence-corrected chi connectivity index (χ3v) is 4.53. The highest BCUT2D eigenvalue weighted by Gasteiger charge is 2.13. The van der Waals surface area contributed by atoms with E-state index in [2.05, 4.69) is 15.6 Å². The van der Waals surface area contributed by atoms with Crippen LogP contribution >= 0.6 is 0 Å². The van der Waals surface area contributed by atoms with Crippen molar-refractivity contribution in [2.45, 2.75) is 13.0 Å². The Hall–Kier alpha value is -3.74. The molecule has 4 rings (SSSR count). The number of benzene rings is 2. The molecule has 0 saturated carbocycles. The van der Waals surface area contributed by atoms with Crippen LogP contribution < -0.4 is 20.1 Å². The summed E-state index contributed by atoms with van der Waals surface area (Å²) in [6.45, 7) is 1.29. The minimum Gasteiger partial charge on any atom is -0.508 e. The van der Waals surface area contributed by atoms with Crippen molar-refractivity contribution < 1.29 is 19.4 Å². The van der Waals surface area contributed by atoms with Crippen LogP contribution in [0.4, 0.5) is 5.82 Å². The standard InChI is InChI=1S/C22H21N3O4/c26-17-7-4-15(5-8-17)10-11-23-22(27)18-2-1-3-21(25-18)24-13-16-6-9-19-20(12-16)29-14-28-19/h1-9,12,26H,10-11,13-14H2,(H,23,27)(H,24,25). The van der Waals surface area contributed by atoms with E-state index in [9.17, 15) is 9.90 Å². The molecule has 0 aliphatic carbocycles. The number of nitrogens with zero attached hydrogens (tertiary/aromatic N) is 1. The van der Waals surface area contributed by atoms with E-state index in [-0.39, 0.29) is 18.4 Å². The van der Waals surface area contributed by atoms with E-state index >= 15 is 0 Å². The molecule has 1 amide bonds. The maximum Gasteiger partial charge on any atom is 0.269 e. The molecular weight excluding hydrogens is 370 g/mol. The van der Waals surface area contributed by atoms with Crippen LogP contribution in [-0.2, 0) is 13.0 Å². The predicted molar refractivity (Wildman–Crippen MR) is 108 cm³/mol. The summed E-state index contributed by atoms with van der Waals surface area (Å²) in [5.74, 6) is 2.10. The smallest absolute Gasteiger partial charge is 0.269 e. The fourth-order valence-corrected chi connectivity index (χ4v) is 2.98. The van der Waals surface area contributed by atoms with Gasteiger partial charge in [0.2, 0.25) is 6.79 Å². The van der Waals surface area contributed by atoms with Gasteiger partial charge in [-0.05, 0) is 53.9 Å². The van der Waals surface area contributed by atoms with Crippen molar-refractivity contribution in [1.29, 1.82) is 0 Å². The van der Waals surface area contributed by atoms with E-state index in [0.717, 1.165) is 22.6 Å². The van der Waals surface area contributed by atoms with Gasteiger partial charge in [0, 0.05) is 13.1 Å².